The zero-order chi connectivity index (χ0) is 20.5. The zero-order valence-electron chi connectivity index (χ0n) is 15.9. The van der Waals surface area contributed by atoms with E-state index in [1.54, 1.807) is 28.4 Å². The van der Waals surface area contributed by atoms with Gasteiger partial charge in [-0.1, -0.05) is 35.0 Å². The first-order chi connectivity index (χ1) is 13.9. The third kappa shape index (κ3) is 3.71. The van der Waals surface area contributed by atoms with E-state index >= 15 is 0 Å². The van der Waals surface area contributed by atoms with Crippen LogP contribution in [0.4, 0.5) is 10.1 Å². The summed E-state index contributed by atoms with van der Waals surface area (Å²) < 4.78 is 17.3. The van der Waals surface area contributed by atoms with Crippen molar-refractivity contribution in [3.8, 4) is 0 Å². The molecule has 1 amide bonds. The molecule has 0 saturated carbocycles. The molecule has 0 radical (unpaired) electrons. The molecule has 0 atom stereocenters. The molecule has 0 aliphatic heterocycles. The van der Waals surface area contributed by atoms with Gasteiger partial charge in [0.05, 0.1) is 29.1 Å². The number of anilines is 1. The second kappa shape index (κ2) is 7.63. The van der Waals surface area contributed by atoms with Crippen LogP contribution in [-0.4, -0.2) is 30.7 Å². The van der Waals surface area contributed by atoms with Crippen LogP contribution in [0.25, 0.3) is 11.0 Å². The van der Waals surface area contributed by atoms with Gasteiger partial charge in [-0.15, -0.1) is 5.10 Å². The van der Waals surface area contributed by atoms with Gasteiger partial charge in [0.1, 0.15) is 17.9 Å². The highest BCUT2D eigenvalue weighted by atomic mass is 35.5. The van der Waals surface area contributed by atoms with Gasteiger partial charge in [-0.2, -0.15) is 5.10 Å². The fraction of sp³-hybridized carbons (Fsp3) is 0.200. The van der Waals surface area contributed by atoms with Crippen molar-refractivity contribution >= 4 is 34.2 Å². The fourth-order valence-corrected chi connectivity index (χ4v) is 3.44. The van der Waals surface area contributed by atoms with E-state index < -0.39 is 5.82 Å². The minimum absolute atomic E-state index is 0.0176. The number of fused-ring (bicyclic) bond motifs is 1. The largest absolute Gasteiger partial charge is 0.321 e. The lowest BCUT2D eigenvalue weighted by atomic mass is 10.2. The molecule has 29 heavy (non-hydrogen) atoms. The topological polar surface area (TPSA) is 77.6 Å². The molecule has 9 heteroatoms. The van der Waals surface area contributed by atoms with E-state index in [0.717, 1.165) is 11.0 Å². The molecule has 1 N–H and O–H groups in total. The Bertz CT molecular complexity index is 1190. The first-order valence-electron chi connectivity index (χ1n) is 8.99. The quantitative estimate of drug-likeness (QED) is 0.542. The van der Waals surface area contributed by atoms with Crippen LogP contribution < -0.4 is 5.32 Å². The average Bonchev–Trinajstić information content (AvgIpc) is 3.21. The van der Waals surface area contributed by atoms with E-state index in [2.05, 4.69) is 20.7 Å². The number of hydrogen-bond donors (Lipinski definition) is 1. The molecular weight excluding hydrogens is 395 g/mol. The number of aromatic nitrogens is 5. The van der Waals surface area contributed by atoms with Gasteiger partial charge >= 0.3 is 0 Å². The van der Waals surface area contributed by atoms with Crippen LogP contribution in [-0.2, 0) is 17.9 Å². The van der Waals surface area contributed by atoms with E-state index in [9.17, 15) is 9.18 Å². The molecule has 0 fully saturated rings. The summed E-state index contributed by atoms with van der Waals surface area (Å²) in [7, 11) is 0. The van der Waals surface area contributed by atoms with Gasteiger partial charge in [-0.3, -0.25) is 9.48 Å². The molecule has 2 aromatic heterocycles. The minimum atomic E-state index is -0.395. The molecule has 2 heterocycles. The number of aryl methyl sites for hydroxylation is 1. The fourth-order valence-electron chi connectivity index (χ4n) is 3.21. The summed E-state index contributed by atoms with van der Waals surface area (Å²) in [6.07, 6.45) is 0. The predicted molar refractivity (Wildman–Crippen MR) is 108 cm³/mol. The maximum atomic E-state index is 14.1. The normalized spacial score (nSPS) is 11.2. The highest BCUT2D eigenvalue weighted by molar-refractivity contribution is 6.31. The van der Waals surface area contributed by atoms with E-state index in [-0.39, 0.29) is 19.0 Å². The molecule has 0 saturated heterocycles. The van der Waals surface area contributed by atoms with Crippen molar-refractivity contribution in [3.63, 3.8) is 0 Å². The third-order valence-electron chi connectivity index (χ3n) is 4.73. The van der Waals surface area contributed by atoms with Crippen LogP contribution in [0.15, 0.2) is 42.5 Å². The Kier molecular flexibility index (Phi) is 5.02. The minimum Gasteiger partial charge on any atom is -0.321 e. The maximum absolute atomic E-state index is 14.1. The summed E-state index contributed by atoms with van der Waals surface area (Å²) in [4.78, 5) is 12.6. The molecule has 148 valence electrons. The molecule has 4 aromatic rings. The lowest BCUT2D eigenvalue weighted by Gasteiger charge is -2.09. The van der Waals surface area contributed by atoms with Gasteiger partial charge in [0, 0.05) is 10.6 Å². The van der Waals surface area contributed by atoms with E-state index in [4.69, 9.17) is 11.6 Å². The second-order valence-corrected chi connectivity index (χ2v) is 7.09. The molecule has 4 rings (SSSR count). The monoisotopic (exact) mass is 412 g/mol. The smallest absolute Gasteiger partial charge is 0.246 e. The van der Waals surface area contributed by atoms with Crippen molar-refractivity contribution in [3.05, 3.63) is 70.3 Å². The Hall–Kier alpha value is -3.26. The standard InChI is InChI=1S/C20H18ClFN6O/c1-12-20(13(2)27(25-12)10-14-15(21)6-5-7-16(14)22)23-19(29)11-28-18-9-4-3-8-17(18)24-26-28/h3-9H,10-11H2,1-2H3,(H,23,29). The Morgan fingerprint density at radius 3 is 2.72 bits per heavy atom. The van der Waals surface area contributed by atoms with Crippen molar-refractivity contribution in [1.29, 1.82) is 0 Å². The number of halogens is 2. The Morgan fingerprint density at radius 1 is 1.14 bits per heavy atom. The van der Waals surface area contributed by atoms with Crippen LogP contribution in [0.1, 0.15) is 17.0 Å². The third-order valence-corrected chi connectivity index (χ3v) is 5.08. The summed E-state index contributed by atoms with van der Waals surface area (Å²) in [6, 6.07) is 12.0. The van der Waals surface area contributed by atoms with Crippen LogP contribution in [0.2, 0.25) is 5.02 Å². The summed E-state index contributed by atoms with van der Waals surface area (Å²) in [5.41, 5.74) is 3.78. The van der Waals surface area contributed by atoms with Gasteiger partial charge in [-0.25, -0.2) is 9.07 Å². The Labute approximate surface area is 171 Å². The first kappa shape index (κ1) is 19.1. The van der Waals surface area contributed by atoms with Crippen LogP contribution in [0.3, 0.4) is 0 Å². The molecule has 2 aromatic carbocycles. The van der Waals surface area contributed by atoms with E-state index in [0.29, 0.717) is 27.7 Å². The van der Waals surface area contributed by atoms with Crippen molar-refractivity contribution in [2.75, 3.05) is 5.32 Å². The van der Waals surface area contributed by atoms with Crippen molar-refractivity contribution in [1.82, 2.24) is 24.8 Å². The zero-order valence-corrected chi connectivity index (χ0v) is 16.6. The van der Waals surface area contributed by atoms with Crippen LogP contribution in [0, 0.1) is 19.7 Å². The molecule has 0 aliphatic rings. The lowest BCUT2D eigenvalue weighted by Crippen LogP contribution is -2.20. The summed E-state index contributed by atoms with van der Waals surface area (Å²) in [5, 5.41) is 15.7. The number of rotatable bonds is 5. The first-order valence-corrected chi connectivity index (χ1v) is 9.37. The summed E-state index contributed by atoms with van der Waals surface area (Å²) in [6.45, 7) is 3.79. The number of carbonyl (C=O) groups excluding carboxylic acids is 1. The van der Waals surface area contributed by atoms with Crippen molar-refractivity contribution < 1.29 is 9.18 Å². The number of nitrogens with one attached hydrogen (secondary N) is 1. The molecule has 7 nitrogen and oxygen atoms in total. The second-order valence-electron chi connectivity index (χ2n) is 6.69. The van der Waals surface area contributed by atoms with E-state index in [1.165, 1.54) is 6.07 Å². The summed E-state index contributed by atoms with van der Waals surface area (Å²) >= 11 is 6.12. The number of benzene rings is 2. The van der Waals surface area contributed by atoms with Crippen molar-refractivity contribution in [2.24, 2.45) is 0 Å². The molecule has 0 aliphatic carbocycles. The predicted octanol–water partition coefficient (Wildman–Crippen LogP) is 3.72. The number of amides is 1. The lowest BCUT2D eigenvalue weighted by molar-refractivity contribution is -0.116. The van der Waals surface area contributed by atoms with Gasteiger partial charge in [0.2, 0.25) is 5.91 Å². The average molecular weight is 413 g/mol. The van der Waals surface area contributed by atoms with Crippen LogP contribution in [0.5, 0.6) is 0 Å². The van der Waals surface area contributed by atoms with Gasteiger partial charge in [0.25, 0.3) is 0 Å². The number of para-hydroxylation sites is 1. The van der Waals surface area contributed by atoms with Gasteiger partial charge < -0.3 is 5.32 Å². The SMILES string of the molecule is Cc1nn(Cc2c(F)cccc2Cl)c(C)c1NC(=O)Cn1nnc2ccccc21. The highest BCUT2D eigenvalue weighted by Gasteiger charge is 2.17. The van der Waals surface area contributed by atoms with Gasteiger partial charge in [0.15, 0.2) is 0 Å². The Balaban J connectivity index is 1.54. The van der Waals surface area contributed by atoms with E-state index in [1.807, 2.05) is 31.2 Å². The molecule has 0 bridgehead atoms. The number of nitrogens with zero attached hydrogens (tertiary/aromatic N) is 5. The maximum Gasteiger partial charge on any atom is 0.246 e. The molecular formula is C20H18ClFN6O. The molecule has 0 spiro atoms. The number of hydrogen-bond acceptors (Lipinski definition) is 4. The van der Waals surface area contributed by atoms with Crippen LogP contribution >= 0.6 is 11.6 Å². The van der Waals surface area contributed by atoms with Crippen molar-refractivity contribution in [2.45, 2.75) is 26.9 Å². The highest BCUT2D eigenvalue weighted by Crippen LogP contribution is 2.24. The Morgan fingerprint density at radius 2 is 1.93 bits per heavy atom. The molecule has 0 unspecified atom stereocenters. The van der Waals surface area contributed by atoms with Gasteiger partial charge in [-0.05, 0) is 38.1 Å². The summed E-state index contributed by atoms with van der Waals surface area (Å²) in [5.74, 6) is -0.649. The number of carbonyl (C=O) groups is 1.